The zero-order chi connectivity index (χ0) is 10.4. The fourth-order valence-electron chi connectivity index (χ4n) is 2.43. The van der Waals surface area contributed by atoms with Crippen molar-refractivity contribution >= 4 is 0 Å². The van der Waals surface area contributed by atoms with Crippen LogP contribution in [0, 0.1) is 5.92 Å². The summed E-state index contributed by atoms with van der Waals surface area (Å²) in [4.78, 5) is 0. The van der Waals surface area contributed by atoms with Crippen molar-refractivity contribution in [1.29, 1.82) is 0 Å². The molecular formula is C12H25NO. The maximum Gasteiger partial charge on any atom is 0.0613 e. The second kappa shape index (κ2) is 5.72. The fourth-order valence-corrected chi connectivity index (χ4v) is 2.43. The predicted octanol–water partition coefficient (Wildman–Crippen LogP) is 2.32. The summed E-state index contributed by atoms with van der Waals surface area (Å²) in [7, 11) is 0. The molecule has 0 bridgehead atoms. The third kappa shape index (κ3) is 3.25. The Hall–Kier alpha value is -0.0800. The molecule has 0 aromatic rings. The molecule has 1 unspecified atom stereocenters. The largest absolute Gasteiger partial charge is 0.394 e. The highest BCUT2D eigenvalue weighted by molar-refractivity contribution is 4.92. The lowest BCUT2D eigenvalue weighted by Crippen LogP contribution is -2.47. The van der Waals surface area contributed by atoms with Gasteiger partial charge in [-0.1, -0.05) is 33.1 Å². The lowest BCUT2D eigenvalue weighted by molar-refractivity contribution is 0.159. The SMILES string of the molecule is CCCC(C)CNC1(CO)CCCC1. The number of aliphatic hydroxyl groups excluding tert-OH is 1. The van der Waals surface area contributed by atoms with Gasteiger partial charge in [-0.3, -0.25) is 0 Å². The Kier molecular flexibility index (Phi) is 4.90. The first-order valence-corrected chi connectivity index (χ1v) is 6.08. The summed E-state index contributed by atoms with van der Waals surface area (Å²) in [6, 6.07) is 0. The van der Waals surface area contributed by atoms with E-state index in [0.29, 0.717) is 6.61 Å². The van der Waals surface area contributed by atoms with Gasteiger partial charge >= 0.3 is 0 Å². The van der Waals surface area contributed by atoms with Gasteiger partial charge in [0.1, 0.15) is 0 Å². The number of hydrogen-bond donors (Lipinski definition) is 2. The molecular weight excluding hydrogens is 174 g/mol. The van der Waals surface area contributed by atoms with Crippen LogP contribution in [0.3, 0.4) is 0 Å². The Morgan fingerprint density at radius 2 is 2.00 bits per heavy atom. The van der Waals surface area contributed by atoms with Crippen LogP contribution in [0.15, 0.2) is 0 Å². The van der Waals surface area contributed by atoms with E-state index in [1.165, 1.54) is 25.7 Å². The Morgan fingerprint density at radius 3 is 2.50 bits per heavy atom. The maximum atomic E-state index is 9.40. The summed E-state index contributed by atoms with van der Waals surface area (Å²) < 4.78 is 0. The summed E-state index contributed by atoms with van der Waals surface area (Å²) in [6.07, 6.45) is 7.40. The van der Waals surface area contributed by atoms with Gasteiger partial charge in [0.25, 0.3) is 0 Å². The molecule has 2 heteroatoms. The van der Waals surface area contributed by atoms with Crippen LogP contribution in [0.25, 0.3) is 0 Å². The van der Waals surface area contributed by atoms with Crippen LogP contribution in [0.5, 0.6) is 0 Å². The maximum absolute atomic E-state index is 9.40. The van der Waals surface area contributed by atoms with Gasteiger partial charge in [-0.25, -0.2) is 0 Å². The molecule has 0 aromatic carbocycles. The zero-order valence-electron chi connectivity index (χ0n) is 9.68. The van der Waals surface area contributed by atoms with Crippen molar-refractivity contribution < 1.29 is 5.11 Å². The second-order valence-electron chi connectivity index (χ2n) is 4.92. The number of rotatable bonds is 6. The Bertz CT molecular complexity index is 152. The molecule has 0 radical (unpaired) electrons. The van der Waals surface area contributed by atoms with E-state index in [1.54, 1.807) is 0 Å². The molecule has 1 aliphatic carbocycles. The normalized spacial score (nSPS) is 22.5. The first kappa shape index (κ1) is 12.0. The molecule has 84 valence electrons. The summed E-state index contributed by atoms with van der Waals surface area (Å²) in [5, 5.41) is 13.0. The first-order valence-electron chi connectivity index (χ1n) is 6.08. The van der Waals surface area contributed by atoms with Crippen LogP contribution >= 0.6 is 0 Å². The van der Waals surface area contributed by atoms with Gasteiger partial charge < -0.3 is 10.4 Å². The van der Waals surface area contributed by atoms with Gasteiger partial charge in [0.2, 0.25) is 0 Å². The lowest BCUT2D eigenvalue weighted by atomic mass is 9.97. The van der Waals surface area contributed by atoms with E-state index in [0.717, 1.165) is 25.3 Å². The standard InChI is InChI=1S/C12H25NO/c1-3-6-11(2)9-13-12(10-14)7-4-5-8-12/h11,13-14H,3-10H2,1-2H3. The van der Waals surface area contributed by atoms with Crippen LogP contribution in [0.4, 0.5) is 0 Å². The van der Waals surface area contributed by atoms with Gasteiger partial charge in [0.15, 0.2) is 0 Å². The summed E-state index contributed by atoms with van der Waals surface area (Å²) in [5.74, 6) is 0.740. The van der Waals surface area contributed by atoms with Crippen molar-refractivity contribution in [2.24, 2.45) is 5.92 Å². The van der Waals surface area contributed by atoms with E-state index >= 15 is 0 Å². The van der Waals surface area contributed by atoms with Gasteiger partial charge in [-0.05, 0) is 31.7 Å². The molecule has 1 rings (SSSR count). The third-order valence-electron chi connectivity index (χ3n) is 3.47. The molecule has 0 heterocycles. The Labute approximate surface area is 88.1 Å². The highest BCUT2D eigenvalue weighted by Gasteiger charge is 2.32. The Morgan fingerprint density at radius 1 is 1.36 bits per heavy atom. The third-order valence-corrected chi connectivity index (χ3v) is 3.47. The van der Waals surface area contributed by atoms with Gasteiger partial charge in [0.05, 0.1) is 6.61 Å². The highest BCUT2D eigenvalue weighted by atomic mass is 16.3. The molecule has 2 nitrogen and oxygen atoms in total. The average molecular weight is 199 g/mol. The quantitative estimate of drug-likeness (QED) is 0.688. The minimum Gasteiger partial charge on any atom is -0.394 e. The lowest BCUT2D eigenvalue weighted by Gasteiger charge is -2.29. The van der Waals surface area contributed by atoms with Crippen molar-refractivity contribution in [3.8, 4) is 0 Å². The first-order chi connectivity index (χ1) is 6.72. The van der Waals surface area contributed by atoms with Crippen molar-refractivity contribution in [3.05, 3.63) is 0 Å². The number of nitrogens with one attached hydrogen (secondary N) is 1. The highest BCUT2D eigenvalue weighted by Crippen LogP contribution is 2.29. The minimum atomic E-state index is 0.0714. The number of aliphatic hydroxyl groups is 1. The average Bonchev–Trinajstić information content (AvgIpc) is 2.65. The topological polar surface area (TPSA) is 32.3 Å². The molecule has 0 saturated heterocycles. The van der Waals surface area contributed by atoms with E-state index in [9.17, 15) is 5.11 Å². The monoisotopic (exact) mass is 199 g/mol. The van der Waals surface area contributed by atoms with Crippen molar-refractivity contribution in [3.63, 3.8) is 0 Å². The van der Waals surface area contributed by atoms with E-state index in [2.05, 4.69) is 19.2 Å². The second-order valence-corrected chi connectivity index (χ2v) is 4.92. The number of hydrogen-bond acceptors (Lipinski definition) is 2. The molecule has 0 amide bonds. The predicted molar refractivity (Wildman–Crippen MR) is 60.4 cm³/mol. The van der Waals surface area contributed by atoms with Crippen molar-refractivity contribution in [2.75, 3.05) is 13.2 Å². The van der Waals surface area contributed by atoms with Gasteiger partial charge in [0, 0.05) is 5.54 Å². The van der Waals surface area contributed by atoms with Gasteiger partial charge in [-0.15, -0.1) is 0 Å². The summed E-state index contributed by atoms with van der Waals surface area (Å²) in [5.41, 5.74) is 0.0714. The summed E-state index contributed by atoms with van der Waals surface area (Å²) in [6.45, 7) is 5.89. The van der Waals surface area contributed by atoms with Crippen molar-refractivity contribution in [2.45, 2.75) is 57.9 Å². The molecule has 2 N–H and O–H groups in total. The molecule has 0 spiro atoms. The van der Waals surface area contributed by atoms with Crippen LogP contribution in [-0.2, 0) is 0 Å². The van der Waals surface area contributed by atoms with E-state index in [-0.39, 0.29) is 5.54 Å². The zero-order valence-corrected chi connectivity index (χ0v) is 9.68. The fraction of sp³-hybridized carbons (Fsp3) is 1.00. The molecule has 1 saturated carbocycles. The molecule has 1 atom stereocenters. The molecule has 14 heavy (non-hydrogen) atoms. The molecule has 0 aromatic heterocycles. The van der Waals surface area contributed by atoms with Crippen LogP contribution < -0.4 is 5.32 Å². The summed E-state index contributed by atoms with van der Waals surface area (Å²) >= 11 is 0. The van der Waals surface area contributed by atoms with E-state index in [4.69, 9.17) is 0 Å². The molecule has 1 aliphatic rings. The van der Waals surface area contributed by atoms with Crippen molar-refractivity contribution in [1.82, 2.24) is 5.32 Å². The smallest absolute Gasteiger partial charge is 0.0613 e. The van der Waals surface area contributed by atoms with Gasteiger partial charge in [-0.2, -0.15) is 0 Å². The van der Waals surface area contributed by atoms with Crippen LogP contribution in [-0.4, -0.2) is 23.8 Å². The molecule has 0 aliphatic heterocycles. The minimum absolute atomic E-state index is 0.0714. The Balaban J connectivity index is 2.27. The van der Waals surface area contributed by atoms with Crippen LogP contribution in [0.2, 0.25) is 0 Å². The van der Waals surface area contributed by atoms with E-state index in [1.807, 2.05) is 0 Å². The van der Waals surface area contributed by atoms with E-state index < -0.39 is 0 Å². The van der Waals surface area contributed by atoms with Crippen LogP contribution in [0.1, 0.15) is 52.4 Å². The molecule has 1 fully saturated rings.